The zero-order valence-electron chi connectivity index (χ0n) is 11.2. The molecular weight excluding hydrogens is 316 g/mol. The van der Waals surface area contributed by atoms with E-state index < -0.39 is 29.4 Å². The summed E-state index contributed by atoms with van der Waals surface area (Å²) in [5, 5.41) is 21.6. The number of phenolic OH excluding ortho intramolecular Hbond substituents is 1. The number of rotatable bonds is 4. The molecule has 7 heteroatoms. The molecule has 0 aromatic heterocycles. The van der Waals surface area contributed by atoms with Crippen molar-refractivity contribution in [2.75, 3.05) is 6.54 Å². The maximum Gasteiger partial charge on any atom is 0.251 e. The van der Waals surface area contributed by atoms with E-state index in [0.717, 1.165) is 0 Å². The summed E-state index contributed by atoms with van der Waals surface area (Å²) < 4.78 is 26.4. The van der Waals surface area contributed by atoms with Crippen molar-refractivity contribution in [2.24, 2.45) is 0 Å². The summed E-state index contributed by atoms with van der Waals surface area (Å²) in [5.41, 5.74) is 0.117. The summed E-state index contributed by atoms with van der Waals surface area (Å²) in [7, 11) is 0. The normalized spacial score (nSPS) is 12.0. The predicted molar refractivity (Wildman–Crippen MR) is 76.8 cm³/mol. The molecule has 1 amide bonds. The number of carbonyl (C=O) groups excluding carboxylic acids is 1. The number of aromatic hydroxyl groups is 1. The van der Waals surface area contributed by atoms with Gasteiger partial charge in [0.05, 0.1) is 6.10 Å². The maximum atomic E-state index is 13.2. The number of carbonyl (C=O) groups is 1. The Morgan fingerprint density at radius 1 is 1.23 bits per heavy atom. The van der Waals surface area contributed by atoms with Gasteiger partial charge in [-0.05, 0) is 18.2 Å². The number of phenols is 1. The monoisotopic (exact) mass is 327 g/mol. The molecule has 0 heterocycles. The third-order valence-electron chi connectivity index (χ3n) is 3.00. The Bertz CT molecular complexity index is 686. The predicted octanol–water partition coefficient (Wildman–Crippen LogP) is 2.79. The molecule has 22 heavy (non-hydrogen) atoms. The van der Waals surface area contributed by atoms with Crippen LogP contribution in [0, 0.1) is 11.6 Å². The van der Waals surface area contributed by atoms with Crippen LogP contribution in [0.2, 0.25) is 5.02 Å². The lowest BCUT2D eigenvalue weighted by Crippen LogP contribution is -2.28. The van der Waals surface area contributed by atoms with Crippen LogP contribution in [0.3, 0.4) is 0 Å². The van der Waals surface area contributed by atoms with Gasteiger partial charge in [-0.15, -0.1) is 0 Å². The zero-order chi connectivity index (χ0) is 16.3. The summed E-state index contributed by atoms with van der Waals surface area (Å²) in [6.45, 7) is -0.188. The minimum atomic E-state index is -1.24. The molecule has 0 spiro atoms. The number of halogens is 3. The second-order valence-electron chi connectivity index (χ2n) is 4.54. The Balaban J connectivity index is 2.06. The molecule has 3 N–H and O–H groups in total. The van der Waals surface area contributed by atoms with Gasteiger partial charge in [0.25, 0.3) is 5.91 Å². The lowest BCUT2D eigenvalue weighted by atomic mass is 10.1. The van der Waals surface area contributed by atoms with Crippen LogP contribution in [-0.2, 0) is 0 Å². The Hall–Kier alpha value is -2.18. The number of amides is 1. The molecule has 2 aromatic rings. The summed E-state index contributed by atoms with van der Waals surface area (Å²) in [6.07, 6.45) is -1.07. The third kappa shape index (κ3) is 3.52. The lowest BCUT2D eigenvalue weighted by molar-refractivity contribution is 0.0915. The molecule has 1 unspecified atom stereocenters. The van der Waals surface area contributed by atoms with Crippen LogP contribution in [-0.4, -0.2) is 22.7 Å². The van der Waals surface area contributed by atoms with E-state index in [0.29, 0.717) is 22.7 Å². The Morgan fingerprint density at radius 2 is 1.82 bits per heavy atom. The highest BCUT2D eigenvalue weighted by Crippen LogP contribution is 2.23. The van der Waals surface area contributed by atoms with Crippen molar-refractivity contribution < 1.29 is 23.8 Å². The van der Waals surface area contributed by atoms with E-state index in [1.165, 1.54) is 0 Å². The van der Waals surface area contributed by atoms with Gasteiger partial charge in [0.2, 0.25) is 0 Å². The molecule has 0 aliphatic carbocycles. The van der Waals surface area contributed by atoms with E-state index in [-0.39, 0.29) is 12.1 Å². The van der Waals surface area contributed by atoms with Gasteiger partial charge < -0.3 is 15.5 Å². The van der Waals surface area contributed by atoms with Crippen molar-refractivity contribution in [1.82, 2.24) is 5.32 Å². The van der Waals surface area contributed by atoms with Crippen LogP contribution < -0.4 is 5.32 Å². The highest BCUT2D eigenvalue weighted by Gasteiger charge is 2.16. The Labute approximate surface area is 130 Å². The second-order valence-corrected chi connectivity index (χ2v) is 4.94. The van der Waals surface area contributed by atoms with Gasteiger partial charge in [0, 0.05) is 22.7 Å². The second kappa shape index (κ2) is 6.72. The van der Waals surface area contributed by atoms with E-state index >= 15 is 0 Å². The van der Waals surface area contributed by atoms with E-state index in [1.54, 1.807) is 24.3 Å². The van der Waals surface area contributed by atoms with Crippen molar-refractivity contribution in [3.8, 4) is 5.75 Å². The van der Waals surface area contributed by atoms with E-state index in [4.69, 9.17) is 16.7 Å². The van der Waals surface area contributed by atoms with Crippen molar-refractivity contribution >= 4 is 17.5 Å². The van der Waals surface area contributed by atoms with Crippen molar-refractivity contribution in [1.29, 1.82) is 0 Å². The number of aliphatic hydroxyl groups excluding tert-OH is 1. The summed E-state index contributed by atoms with van der Waals surface area (Å²) >= 11 is 5.91. The fraction of sp³-hybridized carbons (Fsp3) is 0.133. The first-order chi connectivity index (χ1) is 10.4. The molecule has 0 saturated carbocycles. The molecule has 116 valence electrons. The van der Waals surface area contributed by atoms with Gasteiger partial charge in [0.1, 0.15) is 0 Å². The molecule has 1 atom stereocenters. The number of nitrogens with one attached hydrogen (secondary N) is 1. The van der Waals surface area contributed by atoms with Gasteiger partial charge >= 0.3 is 0 Å². The Morgan fingerprint density at radius 3 is 2.41 bits per heavy atom. The van der Waals surface area contributed by atoms with Gasteiger partial charge in [0.15, 0.2) is 17.4 Å². The topological polar surface area (TPSA) is 69.6 Å². The average molecular weight is 328 g/mol. The van der Waals surface area contributed by atoms with Gasteiger partial charge in [-0.2, -0.15) is 0 Å². The smallest absolute Gasteiger partial charge is 0.251 e. The SMILES string of the molecule is O=C(NCC(O)c1ccccc1Cl)c1cc(F)c(O)c(F)c1. The minimum Gasteiger partial charge on any atom is -0.503 e. The lowest BCUT2D eigenvalue weighted by Gasteiger charge is -2.13. The fourth-order valence-corrected chi connectivity index (χ4v) is 2.11. The summed E-state index contributed by atoms with van der Waals surface area (Å²) in [6, 6.07) is 7.97. The first-order valence-corrected chi connectivity index (χ1v) is 6.66. The van der Waals surface area contributed by atoms with Crippen LogP contribution in [0.25, 0.3) is 0 Å². The molecule has 4 nitrogen and oxygen atoms in total. The molecular formula is C15H12ClF2NO3. The Kier molecular flexibility index (Phi) is 4.95. The molecule has 2 aromatic carbocycles. The standard InChI is InChI=1S/C15H12ClF2NO3/c16-10-4-2-1-3-9(10)13(20)7-19-15(22)8-5-11(17)14(21)12(18)6-8/h1-6,13,20-21H,7H2,(H,19,22). The summed E-state index contributed by atoms with van der Waals surface area (Å²) in [5.74, 6) is -4.41. The first-order valence-electron chi connectivity index (χ1n) is 6.29. The maximum absolute atomic E-state index is 13.2. The highest BCUT2D eigenvalue weighted by molar-refractivity contribution is 6.31. The number of hydrogen-bond acceptors (Lipinski definition) is 3. The first kappa shape index (κ1) is 16.2. The average Bonchev–Trinajstić information content (AvgIpc) is 2.49. The third-order valence-corrected chi connectivity index (χ3v) is 3.34. The largest absolute Gasteiger partial charge is 0.503 e. The molecule has 0 saturated heterocycles. The van der Waals surface area contributed by atoms with Gasteiger partial charge in [-0.1, -0.05) is 29.8 Å². The van der Waals surface area contributed by atoms with Crippen molar-refractivity contribution in [3.63, 3.8) is 0 Å². The highest BCUT2D eigenvalue weighted by atomic mass is 35.5. The van der Waals surface area contributed by atoms with Crippen LogP contribution in [0.5, 0.6) is 5.75 Å². The number of benzene rings is 2. The molecule has 0 fully saturated rings. The van der Waals surface area contributed by atoms with Crippen LogP contribution in [0.4, 0.5) is 8.78 Å². The molecule has 0 radical (unpaired) electrons. The van der Waals surface area contributed by atoms with E-state index in [1.807, 2.05) is 0 Å². The van der Waals surface area contributed by atoms with Gasteiger partial charge in [-0.25, -0.2) is 8.78 Å². The van der Waals surface area contributed by atoms with Crippen LogP contribution >= 0.6 is 11.6 Å². The van der Waals surface area contributed by atoms with Crippen molar-refractivity contribution in [3.05, 3.63) is 64.2 Å². The molecule has 2 rings (SSSR count). The van der Waals surface area contributed by atoms with E-state index in [2.05, 4.69) is 5.32 Å². The van der Waals surface area contributed by atoms with E-state index in [9.17, 15) is 18.7 Å². The van der Waals surface area contributed by atoms with Crippen molar-refractivity contribution in [2.45, 2.75) is 6.10 Å². The van der Waals surface area contributed by atoms with Crippen LogP contribution in [0.15, 0.2) is 36.4 Å². The zero-order valence-corrected chi connectivity index (χ0v) is 11.9. The molecule has 0 aliphatic rings. The molecule has 0 bridgehead atoms. The van der Waals surface area contributed by atoms with Crippen LogP contribution in [0.1, 0.15) is 22.0 Å². The fourth-order valence-electron chi connectivity index (χ4n) is 1.84. The number of aliphatic hydroxyl groups is 1. The molecule has 0 aliphatic heterocycles. The summed E-state index contributed by atoms with van der Waals surface area (Å²) in [4.78, 5) is 11.8. The quantitative estimate of drug-likeness (QED) is 0.808. The minimum absolute atomic E-state index is 0.188. The number of hydrogen-bond donors (Lipinski definition) is 3. The van der Waals surface area contributed by atoms with Gasteiger partial charge in [-0.3, -0.25) is 4.79 Å².